The molecule has 0 aromatic rings. The predicted octanol–water partition coefficient (Wildman–Crippen LogP) is 2.75. The van der Waals surface area contributed by atoms with Crippen LogP contribution < -0.4 is 0 Å². The molecule has 0 aliphatic heterocycles. The molecule has 11 heavy (non-hydrogen) atoms. The Morgan fingerprint density at radius 3 is 2.55 bits per heavy atom. The summed E-state index contributed by atoms with van der Waals surface area (Å²) in [6, 6.07) is 0. The molecule has 0 aromatic heterocycles. The van der Waals surface area contributed by atoms with Gasteiger partial charge in [-0.25, -0.2) is 0 Å². The van der Waals surface area contributed by atoms with Crippen molar-refractivity contribution in [1.82, 2.24) is 0 Å². The van der Waals surface area contributed by atoms with Gasteiger partial charge in [0.2, 0.25) is 0 Å². The summed E-state index contributed by atoms with van der Waals surface area (Å²) in [6.07, 6.45) is 5.09. The van der Waals surface area contributed by atoms with Crippen LogP contribution in [0.4, 0.5) is 0 Å². The first-order chi connectivity index (χ1) is 5.04. The van der Waals surface area contributed by atoms with Crippen molar-refractivity contribution < 1.29 is 5.11 Å². The van der Waals surface area contributed by atoms with E-state index in [1.165, 1.54) is 12.8 Å². The van der Waals surface area contributed by atoms with E-state index >= 15 is 0 Å². The third-order valence-electron chi connectivity index (χ3n) is 2.40. The maximum Gasteiger partial charge on any atom is 0.0822 e. The van der Waals surface area contributed by atoms with E-state index in [9.17, 15) is 5.11 Å². The Balaban J connectivity index is 3.80. The Morgan fingerprint density at radius 1 is 1.64 bits per heavy atom. The normalized spacial score (nSPS) is 18.9. The zero-order valence-corrected chi connectivity index (χ0v) is 7.93. The zero-order valence-electron chi connectivity index (χ0n) is 7.93. The molecule has 0 fully saturated rings. The first kappa shape index (κ1) is 10.7. The van der Waals surface area contributed by atoms with Crippen molar-refractivity contribution in [2.24, 2.45) is 5.92 Å². The van der Waals surface area contributed by atoms with E-state index in [1.54, 1.807) is 6.08 Å². The van der Waals surface area contributed by atoms with Crippen LogP contribution in [0.25, 0.3) is 0 Å². The highest BCUT2D eigenvalue weighted by atomic mass is 16.3. The van der Waals surface area contributed by atoms with E-state index < -0.39 is 5.60 Å². The molecule has 0 saturated carbocycles. The van der Waals surface area contributed by atoms with Gasteiger partial charge in [0.05, 0.1) is 5.60 Å². The molecule has 0 rings (SSSR count). The van der Waals surface area contributed by atoms with Crippen molar-refractivity contribution in [2.45, 2.75) is 45.6 Å². The Hall–Kier alpha value is -0.300. The first-order valence-electron chi connectivity index (χ1n) is 4.40. The Morgan fingerprint density at radius 2 is 2.18 bits per heavy atom. The molecule has 0 heterocycles. The van der Waals surface area contributed by atoms with Gasteiger partial charge in [-0.1, -0.05) is 32.8 Å². The fourth-order valence-electron chi connectivity index (χ4n) is 1.00. The average molecular weight is 156 g/mol. The molecule has 1 heteroatoms. The van der Waals surface area contributed by atoms with E-state index in [1.807, 2.05) is 6.92 Å². The minimum atomic E-state index is -0.685. The Labute approximate surface area is 70.1 Å². The maximum absolute atomic E-state index is 9.70. The maximum atomic E-state index is 9.70. The molecule has 0 aliphatic rings. The van der Waals surface area contributed by atoms with Crippen LogP contribution in [-0.2, 0) is 0 Å². The highest BCUT2D eigenvalue weighted by molar-refractivity contribution is 4.95. The van der Waals surface area contributed by atoms with Crippen molar-refractivity contribution in [3.8, 4) is 0 Å². The zero-order chi connectivity index (χ0) is 8.91. The van der Waals surface area contributed by atoms with Crippen molar-refractivity contribution in [2.75, 3.05) is 0 Å². The lowest BCUT2D eigenvalue weighted by molar-refractivity contribution is 0.0498. The van der Waals surface area contributed by atoms with Gasteiger partial charge >= 0.3 is 0 Å². The molecule has 0 bridgehead atoms. The quantitative estimate of drug-likeness (QED) is 0.607. The van der Waals surface area contributed by atoms with E-state index in [0.29, 0.717) is 5.92 Å². The van der Waals surface area contributed by atoms with Gasteiger partial charge in [-0.15, -0.1) is 6.58 Å². The number of aliphatic hydroxyl groups is 1. The molecule has 0 radical (unpaired) electrons. The van der Waals surface area contributed by atoms with Crippen LogP contribution in [0.1, 0.15) is 40.0 Å². The summed E-state index contributed by atoms with van der Waals surface area (Å²) in [5, 5.41) is 9.70. The van der Waals surface area contributed by atoms with Crippen molar-refractivity contribution in [1.29, 1.82) is 0 Å². The Kier molecular flexibility index (Phi) is 4.43. The van der Waals surface area contributed by atoms with Crippen LogP contribution in [-0.4, -0.2) is 10.7 Å². The summed E-state index contributed by atoms with van der Waals surface area (Å²) in [5.41, 5.74) is -0.685. The molecule has 2 unspecified atom stereocenters. The smallest absolute Gasteiger partial charge is 0.0822 e. The number of rotatable bonds is 5. The Bertz CT molecular complexity index is 116. The highest BCUT2D eigenvalue weighted by Gasteiger charge is 2.23. The van der Waals surface area contributed by atoms with E-state index in [0.717, 1.165) is 6.42 Å². The van der Waals surface area contributed by atoms with Gasteiger partial charge in [-0.05, 0) is 19.3 Å². The van der Waals surface area contributed by atoms with Crippen molar-refractivity contribution in [3.63, 3.8) is 0 Å². The number of hydrogen-bond donors (Lipinski definition) is 1. The minimum Gasteiger partial charge on any atom is -0.386 e. The van der Waals surface area contributed by atoms with Crippen LogP contribution in [0, 0.1) is 5.92 Å². The summed E-state index contributed by atoms with van der Waals surface area (Å²) in [6.45, 7) is 9.66. The van der Waals surface area contributed by atoms with E-state index in [2.05, 4.69) is 20.4 Å². The van der Waals surface area contributed by atoms with Gasteiger partial charge in [-0.3, -0.25) is 0 Å². The van der Waals surface area contributed by atoms with Crippen LogP contribution in [0.5, 0.6) is 0 Å². The fourth-order valence-corrected chi connectivity index (χ4v) is 1.00. The molecule has 1 N–H and O–H groups in total. The molecule has 0 aromatic carbocycles. The van der Waals surface area contributed by atoms with Gasteiger partial charge in [-0.2, -0.15) is 0 Å². The molecule has 1 nitrogen and oxygen atoms in total. The topological polar surface area (TPSA) is 20.2 Å². The van der Waals surface area contributed by atoms with Gasteiger partial charge in [0.1, 0.15) is 0 Å². The van der Waals surface area contributed by atoms with Crippen molar-refractivity contribution >= 4 is 0 Å². The second-order valence-corrected chi connectivity index (χ2v) is 3.47. The summed E-state index contributed by atoms with van der Waals surface area (Å²) >= 11 is 0. The van der Waals surface area contributed by atoms with Crippen LogP contribution in [0.15, 0.2) is 12.7 Å². The van der Waals surface area contributed by atoms with E-state index in [4.69, 9.17) is 0 Å². The minimum absolute atomic E-state index is 0.319. The molecular weight excluding hydrogens is 136 g/mol. The van der Waals surface area contributed by atoms with Gasteiger partial charge in [0.25, 0.3) is 0 Å². The largest absolute Gasteiger partial charge is 0.386 e. The molecular formula is C10H20O. The first-order valence-corrected chi connectivity index (χ1v) is 4.40. The van der Waals surface area contributed by atoms with E-state index in [-0.39, 0.29) is 0 Å². The predicted molar refractivity (Wildman–Crippen MR) is 49.5 cm³/mol. The van der Waals surface area contributed by atoms with Crippen LogP contribution >= 0.6 is 0 Å². The summed E-state index contributed by atoms with van der Waals surface area (Å²) < 4.78 is 0. The second-order valence-electron chi connectivity index (χ2n) is 3.47. The van der Waals surface area contributed by atoms with Crippen LogP contribution in [0.3, 0.4) is 0 Å². The lowest BCUT2D eigenvalue weighted by Crippen LogP contribution is -2.29. The summed E-state index contributed by atoms with van der Waals surface area (Å²) in [5.74, 6) is 0.319. The monoisotopic (exact) mass is 156 g/mol. The van der Waals surface area contributed by atoms with Gasteiger partial charge in [0, 0.05) is 0 Å². The highest BCUT2D eigenvalue weighted by Crippen LogP contribution is 2.22. The second kappa shape index (κ2) is 4.55. The molecule has 66 valence electrons. The average Bonchev–Trinajstić information content (AvgIpc) is 2.00. The third kappa shape index (κ3) is 3.57. The lowest BCUT2D eigenvalue weighted by Gasteiger charge is -2.26. The van der Waals surface area contributed by atoms with Gasteiger partial charge in [0.15, 0.2) is 0 Å². The molecule has 2 atom stereocenters. The third-order valence-corrected chi connectivity index (χ3v) is 2.40. The summed E-state index contributed by atoms with van der Waals surface area (Å²) in [4.78, 5) is 0. The molecule has 0 aliphatic carbocycles. The molecule has 0 spiro atoms. The summed E-state index contributed by atoms with van der Waals surface area (Å²) in [7, 11) is 0. The van der Waals surface area contributed by atoms with Crippen LogP contribution in [0.2, 0.25) is 0 Å². The van der Waals surface area contributed by atoms with Crippen molar-refractivity contribution in [3.05, 3.63) is 12.7 Å². The number of hydrogen-bond acceptors (Lipinski definition) is 1. The van der Waals surface area contributed by atoms with Gasteiger partial charge < -0.3 is 5.11 Å². The standard InChI is InChI=1S/C10H20O/c1-5-7-8-9(3)10(4,11)6-2/h6,9,11H,2,5,7-8H2,1,3-4H3. The fraction of sp³-hybridized carbons (Fsp3) is 0.800. The SMILES string of the molecule is C=CC(C)(O)C(C)CCCC. The molecule has 0 amide bonds. The number of unbranched alkanes of at least 4 members (excludes halogenated alkanes) is 1. The molecule has 0 saturated heterocycles. The lowest BCUT2D eigenvalue weighted by atomic mass is 9.87.